The van der Waals surface area contributed by atoms with Crippen LogP contribution in [-0.4, -0.2) is 24.8 Å². The number of benzene rings is 3. The van der Waals surface area contributed by atoms with Crippen LogP contribution in [0.5, 0.6) is 0 Å². The standard InChI is InChI=1S/C43H33O5P.Os/c1-4-15-33-25-38-40(44)43-39(41(45)42(38)47-33)26-34(48-43)23-22-31(24-32-28-46-27-30(32)5-2)29(3)49(35-16-9-6-10-17-35,36-18-11-7-12-19-36)37-20-13-8-14-21-37;/h4-26H,27-28H2,1-2H3;/q+1;/b15-4+,23-22+,30-5?,31-29?,32-24?;. The Bertz CT molecular complexity index is 2150. The molecule has 50 heavy (non-hydrogen) atoms. The predicted molar refractivity (Wildman–Crippen MR) is 197 cm³/mol. The molecule has 1 aliphatic carbocycles. The molecular formula is C43H33O5OsP+. The molecule has 7 heteroatoms. The molecule has 1 fully saturated rings. The monoisotopic (exact) mass is 852 g/mol. The molecule has 1 saturated heterocycles. The first kappa shape index (κ1) is 33.6. The van der Waals surface area contributed by atoms with E-state index in [9.17, 15) is 9.59 Å². The molecule has 3 heterocycles. The molecule has 0 saturated carbocycles. The molecule has 0 bridgehead atoms. The molecule has 0 N–H and O–H groups in total. The first-order valence-corrected chi connectivity index (χ1v) is 19.3. The molecule has 3 aromatic carbocycles. The Balaban J connectivity index is 1.46. The number of fused-ring (bicyclic) bond motifs is 2. The second-order valence-electron chi connectivity index (χ2n) is 11.8. The van der Waals surface area contributed by atoms with E-state index in [0.717, 1.165) is 22.0 Å². The van der Waals surface area contributed by atoms with Crippen LogP contribution < -0.4 is 15.9 Å². The number of hydrogen-bond acceptors (Lipinski definition) is 5. The second kappa shape index (κ2) is 14.5. The Hall–Kier alpha value is -4.93. The van der Waals surface area contributed by atoms with Gasteiger partial charge < -0.3 is 0 Å². The van der Waals surface area contributed by atoms with Gasteiger partial charge in [-0.2, -0.15) is 0 Å². The van der Waals surface area contributed by atoms with Crippen LogP contribution in [0.2, 0.25) is 0 Å². The molecule has 5 aromatic rings. The van der Waals surface area contributed by atoms with Crippen LogP contribution in [0, 0.1) is 4.37 Å². The molecule has 0 unspecified atom stereocenters. The number of hydrogen-bond donors (Lipinski definition) is 0. The molecular weight excluding hydrogens is 818 g/mol. The molecule has 2 aliphatic rings. The van der Waals surface area contributed by atoms with E-state index in [1.165, 1.54) is 15.9 Å². The first-order chi connectivity index (χ1) is 24.5. The Labute approximate surface area is 301 Å². The van der Waals surface area contributed by atoms with Crippen LogP contribution in [-0.2, 0) is 22.7 Å². The molecule has 1 aliphatic heterocycles. The zero-order valence-electron chi connectivity index (χ0n) is 27.5. The summed E-state index contributed by atoms with van der Waals surface area (Å²) in [5, 5.41) is 4.63. The number of furan rings is 2. The third kappa shape index (κ3) is 5.96. The minimum atomic E-state index is -2.53. The number of ether oxygens (including phenoxy) is 1. The van der Waals surface area contributed by atoms with E-state index in [0.29, 0.717) is 24.7 Å². The van der Waals surface area contributed by atoms with Crippen LogP contribution in [0.15, 0.2) is 158 Å². The van der Waals surface area contributed by atoms with Gasteiger partial charge in [0.05, 0.1) is 0 Å². The Morgan fingerprint density at radius 3 is 1.64 bits per heavy atom. The number of rotatable bonds is 8. The van der Waals surface area contributed by atoms with Crippen molar-refractivity contribution in [3.63, 3.8) is 0 Å². The summed E-state index contributed by atoms with van der Waals surface area (Å²) >= 11 is 1.71. The quantitative estimate of drug-likeness (QED) is 0.114. The SMILES string of the molecule is CC=C1COCC1=CC(/C=C/c1cc2c(o1)C(=O)c1cc(/C=C/C)oc1C2=O)=C([C]#[Os])[P+](c1ccccc1)(c1ccccc1)c1ccccc1. The average molecular weight is 851 g/mol. The summed E-state index contributed by atoms with van der Waals surface area (Å²) in [6.45, 7) is 4.91. The van der Waals surface area contributed by atoms with E-state index >= 15 is 0 Å². The van der Waals surface area contributed by atoms with Crippen molar-refractivity contribution in [3.8, 4) is 4.37 Å². The van der Waals surface area contributed by atoms with Gasteiger partial charge in [-0.05, 0) is 13.0 Å². The Morgan fingerprint density at radius 1 is 0.700 bits per heavy atom. The second-order valence-corrected chi connectivity index (χ2v) is 15.8. The number of carbonyl (C=O) groups excluding carboxylic acids is 2. The molecule has 0 atom stereocenters. The third-order valence-electron chi connectivity index (χ3n) is 8.89. The molecule has 0 radical (unpaired) electrons. The third-order valence-corrected chi connectivity index (χ3v) is 14.3. The topological polar surface area (TPSA) is 69.7 Å². The fraction of sp³-hybridized carbons (Fsp3) is 0.0930. The molecule has 2 aromatic heterocycles. The van der Waals surface area contributed by atoms with Gasteiger partial charge in [0, 0.05) is 0 Å². The number of allylic oxidation sites excluding steroid dienone is 6. The molecule has 0 amide bonds. The normalized spacial score (nSPS) is 16.7. The first-order valence-electron chi connectivity index (χ1n) is 16.3. The van der Waals surface area contributed by atoms with Gasteiger partial charge in [-0.1, -0.05) is 6.08 Å². The van der Waals surface area contributed by atoms with E-state index < -0.39 is 7.26 Å². The van der Waals surface area contributed by atoms with Crippen molar-refractivity contribution in [3.05, 3.63) is 184 Å². The summed E-state index contributed by atoms with van der Waals surface area (Å²) in [6, 6.07) is 35.2. The van der Waals surface area contributed by atoms with E-state index in [1.54, 1.807) is 42.2 Å². The van der Waals surface area contributed by atoms with Gasteiger partial charge in [-0.15, -0.1) is 0 Å². The molecule has 0 spiro atoms. The zero-order valence-corrected chi connectivity index (χ0v) is 31.0. The van der Waals surface area contributed by atoms with Crippen molar-refractivity contribution < 1.29 is 41.1 Å². The van der Waals surface area contributed by atoms with E-state index in [2.05, 4.69) is 89.3 Å². The van der Waals surface area contributed by atoms with Crippen LogP contribution >= 0.6 is 7.26 Å². The fourth-order valence-electron chi connectivity index (χ4n) is 6.58. The van der Waals surface area contributed by atoms with Crippen LogP contribution in [0.4, 0.5) is 0 Å². The zero-order chi connectivity index (χ0) is 34.7. The van der Waals surface area contributed by atoms with E-state index in [-0.39, 0.29) is 34.2 Å². The maximum atomic E-state index is 13.5. The number of ketones is 2. The van der Waals surface area contributed by atoms with Crippen molar-refractivity contribution >= 4 is 46.9 Å². The van der Waals surface area contributed by atoms with Gasteiger partial charge >= 0.3 is 284 Å². The molecule has 7 rings (SSSR count). The summed E-state index contributed by atoms with van der Waals surface area (Å²) < 4.78 is 21.5. The molecule has 247 valence electrons. The molecule has 5 nitrogen and oxygen atoms in total. The minimum absolute atomic E-state index is 0.0225. The summed E-state index contributed by atoms with van der Waals surface area (Å²) in [6.07, 6.45) is 11.6. The fourth-order valence-corrected chi connectivity index (χ4v) is 12.4. The van der Waals surface area contributed by atoms with Crippen molar-refractivity contribution in [2.45, 2.75) is 13.8 Å². The summed E-state index contributed by atoms with van der Waals surface area (Å²) in [7, 11) is -2.53. The summed E-state index contributed by atoms with van der Waals surface area (Å²) in [5.41, 5.74) is 3.56. The van der Waals surface area contributed by atoms with Crippen molar-refractivity contribution in [2.24, 2.45) is 0 Å². The van der Waals surface area contributed by atoms with Gasteiger partial charge in [0.2, 0.25) is 0 Å². The van der Waals surface area contributed by atoms with Crippen LogP contribution in [0.3, 0.4) is 0 Å². The van der Waals surface area contributed by atoms with Gasteiger partial charge in [0.15, 0.2) is 0 Å². The number of carbonyl (C=O) groups is 2. The van der Waals surface area contributed by atoms with Gasteiger partial charge in [-0.25, -0.2) is 0 Å². The van der Waals surface area contributed by atoms with Crippen LogP contribution in [0.1, 0.15) is 57.6 Å². The Morgan fingerprint density at radius 2 is 1.18 bits per heavy atom. The van der Waals surface area contributed by atoms with Crippen molar-refractivity contribution in [2.75, 3.05) is 13.2 Å². The average Bonchev–Trinajstić information content (AvgIpc) is 3.92. The maximum absolute atomic E-state index is 13.5. The Kier molecular flexibility index (Phi) is 9.73. The van der Waals surface area contributed by atoms with Crippen molar-refractivity contribution in [1.29, 1.82) is 0 Å². The predicted octanol–water partition coefficient (Wildman–Crippen LogP) is 8.35. The summed E-state index contributed by atoms with van der Waals surface area (Å²) in [5.74, 6) is 0.166. The van der Waals surface area contributed by atoms with Crippen molar-refractivity contribution in [1.82, 2.24) is 0 Å². The summed E-state index contributed by atoms with van der Waals surface area (Å²) in [4.78, 5) is 27.0. The van der Waals surface area contributed by atoms with Crippen LogP contribution in [0.25, 0.3) is 12.2 Å². The van der Waals surface area contributed by atoms with E-state index in [1.807, 2.05) is 44.2 Å². The van der Waals surface area contributed by atoms with E-state index in [4.69, 9.17) is 13.6 Å². The van der Waals surface area contributed by atoms with Gasteiger partial charge in [0.1, 0.15) is 0 Å². The van der Waals surface area contributed by atoms with Gasteiger partial charge in [0.25, 0.3) is 0 Å². The van der Waals surface area contributed by atoms with Gasteiger partial charge in [-0.3, -0.25) is 0 Å².